The van der Waals surface area contributed by atoms with Gasteiger partial charge in [0.15, 0.2) is 0 Å². The van der Waals surface area contributed by atoms with Crippen molar-refractivity contribution < 1.29 is 0 Å². The zero-order valence-corrected chi connectivity index (χ0v) is 12.3. The number of rotatable bonds is 8. The topological polar surface area (TPSA) is 50.7 Å². The fourth-order valence-corrected chi connectivity index (χ4v) is 2.16. The predicted molar refractivity (Wildman–Crippen MR) is 76.2 cm³/mol. The van der Waals surface area contributed by atoms with Gasteiger partial charge in [-0.25, -0.2) is 4.98 Å². The smallest absolute Gasteiger partial charge is 0.242 e. The molecule has 1 heterocycles. The third-order valence-electron chi connectivity index (χ3n) is 3.15. The number of nitrogens with one attached hydrogen (secondary N) is 1. The summed E-state index contributed by atoms with van der Waals surface area (Å²) in [5.74, 6) is 1.91. The SMILES string of the molecule is CCc1nnc(NCC(CC)CCCl)nc1CC. The number of aromatic nitrogens is 3. The molecule has 0 amide bonds. The lowest BCUT2D eigenvalue weighted by Gasteiger charge is -2.14. The summed E-state index contributed by atoms with van der Waals surface area (Å²) in [7, 11) is 0. The molecular formula is C13H23ClN4. The number of aryl methyl sites for hydroxylation is 2. The minimum absolute atomic E-state index is 0.571. The van der Waals surface area contributed by atoms with Crippen LogP contribution in [-0.2, 0) is 12.8 Å². The molecule has 1 aromatic rings. The van der Waals surface area contributed by atoms with Gasteiger partial charge in [0.2, 0.25) is 5.95 Å². The largest absolute Gasteiger partial charge is 0.353 e. The summed E-state index contributed by atoms with van der Waals surface area (Å²) >= 11 is 5.77. The maximum Gasteiger partial charge on any atom is 0.242 e. The molecular weight excluding hydrogens is 248 g/mol. The lowest BCUT2D eigenvalue weighted by molar-refractivity contribution is 0.519. The van der Waals surface area contributed by atoms with Gasteiger partial charge in [-0.3, -0.25) is 0 Å². The molecule has 0 aliphatic carbocycles. The van der Waals surface area contributed by atoms with E-state index < -0.39 is 0 Å². The van der Waals surface area contributed by atoms with Crippen LogP contribution in [-0.4, -0.2) is 27.6 Å². The van der Waals surface area contributed by atoms with E-state index in [1.165, 1.54) is 0 Å². The van der Waals surface area contributed by atoms with E-state index in [1.807, 2.05) is 0 Å². The number of alkyl halides is 1. The number of nitrogens with zero attached hydrogens (tertiary/aromatic N) is 3. The van der Waals surface area contributed by atoms with E-state index >= 15 is 0 Å². The Morgan fingerprint density at radius 1 is 1.11 bits per heavy atom. The highest BCUT2D eigenvalue weighted by Gasteiger charge is 2.09. The Balaban J connectivity index is 2.61. The van der Waals surface area contributed by atoms with E-state index in [0.717, 1.165) is 43.6 Å². The van der Waals surface area contributed by atoms with Crippen molar-refractivity contribution in [2.24, 2.45) is 5.92 Å². The first-order valence-corrected chi connectivity index (χ1v) is 7.30. The standard InChI is InChI=1S/C13H23ClN4/c1-4-10(7-8-14)9-15-13-16-11(5-2)12(6-3)17-18-13/h10H,4-9H2,1-3H3,(H,15,16,18). The molecule has 0 radical (unpaired) electrons. The first kappa shape index (κ1) is 15.2. The highest BCUT2D eigenvalue weighted by molar-refractivity contribution is 6.17. The minimum Gasteiger partial charge on any atom is -0.353 e. The molecule has 0 aromatic carbocycles. The van der Waals surface area contributed by atoms with Gasteiger partial charge in [0.1, 0.15) is 0 Å². The normalized spacial score (nSPS) is 12.4. The van der Waals surface area contributed by atoms with Crippen molar-refractivity contribution in [1.82, 2.24) is 15.2 Å². The molecule has 0 saturated carbocycles. The van der Waals surface area contributed by atoms with Gasteiger partial charge >= 0.3 is 0 Å². The van der Waals surface area contributed by atoms with Crippen molar-refractivity contribution in [3.05, 3.63) is 11.4 Å². The second-order valence-corrected chi connectivity index (χ2v) is 4.75. The molecule has 0 bridgehead atoms. The van der Waals surface area contributed by atoms with Crippen LogP contribution in [0.4, 0.5) is 5.95 Å². The number of anilines is 1. The summed E-state index contributed by atoms with van der Waals surface area (Å²) in [4.78, 5) is 4.51. The Bertz CT molecular complexity index is 357. The van der Waals surface area contributed by atoms with Gasteiger partial charge in [0.05, 0.1) is 11.4 Å². The molecule has 5 heteroatoms. The van der Waals surface area contributed by atoms with E-state index in [1.54, 1.807) is 0 Å². The maximum atomic E-state index is 5.77. The number of hydrogen-bond acceptors (Lipinski definition) is 4. The number of hydrogen-bond donors (Lipinski definition) is 1. The predicted octanol–water partition coefficient (Wildman–Crippen LogP) is 3.06. The van der Waals surface area contributed by atoms with Crippen molar-refractivity contribution in [3.8, 4) is 0 Å². The Hall–Kier alpha value is -0.900. The van der Waals surface area contributed by atoms with Crippen LogP contribution in [0.1, 0.15) is 45.0 Å². The van der Waals surface area contributed by atoms with Gasteiger partial charge in [-0.2, -0.15) is 5.10 Å². The number of halogens is 1. The van der Waals surface area contributed by atoms with Gasteiger partial charge in [-0.15, -0.1) is 16.7 Å². The molecule has 0 fully saturated rings. The van der Waals surface area contributed by atoms with Crippen LogP contribution >= 0.6 is 11.6 Å². The van der Waals surface area contributed by atoms with Crippen LogP contribution in [0.15, 0.2) is 0 Å². The fourth-order valence-electron chi connectivity index (χ4n) is 1.85. The lowest BCUT2D eigenvalue weighted by atomic mass is 10.0. The van der Waals surface area contributed by atoms with Crippen molar-refractivity contribution in [1.29, 1.82) is 0 Å². The summed E-state index contributed by atoms with van der Waals surface area (Å²) in [5, 5.41) is 11.6. The molecule has 1 atom stereocenters. The monoisotopic (exact) mass is 270 g/mol. The highest BCUT2D eigenvalue weighted by atomic mass is 35.5. The zero-order valence-electron chi connectivity index (χ0n) is 11.5. The average molecular weight is 271 g/mol. The van der Waals surface area contributed by atoms with Crippen molar-refractivity contribution >= 4 is 17.5 Å². The minimum atomic E-state index is 0.571. The van der Waals surface area contributed by atoms with Crippen molar-refractivity contribution in [3.63, 3.8) is 0 Å². The second-order valence-electron chi connectivity index (χ2n) is 4.37. The molecule has 0 spiro atoms. The molecule has 1 N–H and O–H groups in total. The molecule has 1 unspecified atom stereocenters. The van der Waals surface area contributed by atoms with Gasteiger partial charge in [-0.1, -0.05) is 27.2 Å². The van der Waals surface area contributed by atoms with Crippen LogP contribution in [0, 0.1) is 5.92 Å². The summed E-state index contributed by atoms with van der Waals surface area (Å²) in [6.45, 7) is 7.20. The fraction of sp³-hybridized carbons (Fsp3) is 0.769. The van der Waals surface area contributed by atoms with E-state index in [2.05, 4.69) is 41.3 Å². The maximum absolute atomic E-state index is 5.77. The molecule has 1 rings (SSSR count). The van der Waals surface area contributed by atoms with Crippen LogP contribution in [0.3, 0.4) is 0 Å². The highest BCUT2D eigenvalue weighted by Crippen LogP contribution is 2.11. The Morgan fingerprint density at radius 3 is 2.39 bits per heavy atom. The van der Waals surface area contributed by atoms with E-state index in [9.17, 15) is 0 Å². The van der Waals surface area contributed by atoms with Crippen LogP contribution in [0.25, 0.3) is 0 Å². The lowest BCUT2D eigenvalue weighted by Crippen LogP contribution is -2.17. The summed E-state index contributed by atoms with van der Waals surface area (Å²) < 4.78 is 0. The van der Waals surface area contributed by atoms with Gasteiger partial charge in [-0.05, 0) is 25.2 Å². The quantitative estimate of drug-likeness (QED) is 0.738. The molecule has 0 aliphatic rings. The Morgan fingerprint density at radius 2 is 1.83 bits per heavy atom. The zero-order chi connectivity index (χ0) is 13.4. The van der Waals surface area contributed by atoms with Crippen LogP contribution in [0.2, 0.25) is 0 Å². The molecule has 18 heavy (non-hydrogen) atoms. The second kappa shape index (κ2) is 8.25. The van der Waals surface area contributed by atoms with E-state index in [4.69, 9.17) is 11.6 Å². The van der Waals surface area contributed by atoms with E-state index in [0.29, 0.717) is 17.7 Å². The van der Waals surface area contributed by atoms with Crippen molar-refractivity contribution in [2.45, 2.75) is 46.5 Å². The van der Waals surface area contributed by atoms with E-state index in [-0.39, 0.29) is 0 Å². The molecule has 0 saturated heterocycles. The van der Waals surface area contributed by atoms with Gasteiger partial charge < -0.3 is 5.32 Å². The Kier molecular flexibility index (Phi) is 6.94. The average Bonchev–Trinajstić information content (AvgIpc) is 2.42. The van der Waals surface area contributed by atoms with Crippen LogP contribution in [0.5, 0.6) is 0 Å². The summed E-state index contributed by atoms with van der Waals surface area (Å²) in [5.41, 5.74) is 2.04. The van der Waals surface area contributed by atoms with Crippen LogP contribution < -0.4 is 5.32 Å². The molecule has 1 aromatic heterocycles. The molecule has 102 valence electrons. The van der Waals surface area contributed by atoms with Gasteiger partial charge in [0, 0.05) is 12.4 Å². The first-order chi connectivity index (χ1) is 8.74. The van der Waals surface area contributed by atoms with Crippen molar-refractivity contribution in [2.75, 3.05) is 17.7 Å². The molecule has 4 nitrogen and oxygen atoms in total. The third-order valence-corrected chi connectivity index (χ3v) is 3.37. The first-order valence-electron chi connectivity index (χ1n) is 6.77. The third kappa shape index (κ3) is 4.41. The summed E-state index contributed by atoms with van der Waals surface area (Å²) in [6, 6.07) is 0. The molecule has 0 aliphatic heterocycles. The summed E-state index contributed by atoms with van der Waals surface area (Å²) in [6.07, 6.45) is 3.91. The van der Waals surface area contributed by atoms with Gasteiger partial charge in [0.25, 0.3) is 0 Å². The Labute approximate surface area is 115 Å².